The van der Waals surface area contributed by atoms with Crippen LogP contribution >= 0.6 is 0 Å². The molecule has 0 spiro atoms. The van der Waals surface area contributed by atoms with Crippen LogP contribution in [-0.2, 0) is 6.18 Å². The van der Waals surface area contributed by atoms with Crippen molar-refractivity contribution in [1.82, 2.24) is 0 Å². The Morgan fingerprint density at radius 2 is 1.52 bits per heavy atom. The molecule has 3 fully saturated rings. The third-order valence-electron chi connectivity index (χ3n) is 8.34. The molecule has 0 heterocycles. The lowest BCUT2D eigenvalue weighted by Gasteiger charge is -2.51. The molecule has 6 atom stereocenters. The maximum atomic E-state index is 12.9. The molecular formula is C26H35F3. The summed E-state index contributed by atoms with van der Waals surface area (Å²) >= 11 is 0. The number of hydrogen-bond acceptors (Lipinski definition) is 0. The molecule has 3 aliphatic carbocycles. The van der Waals surface area contributed by atoms with Gasteiger partial charge in [-0.05, 0) is 118 Å². The summed E-state index contributed by atoms with van der Waals surface area (Å²) in [5.74, 6) is 4.89. The van der Waals surface area contributed by atoms with Gasteiger partial charge in [0.1, 0.15) is 0 Å². The number of alkyl halides is 3. The van der Waals surface area contributed by atoms with E-state index in [0.717, 1.165) is 41.6 Å². The lowest BCUT2D eigenvalue weighted by Crippen LogP contribution is -2.41. The second-order valence-corrected chi connectivity index (χ2v) is 9.88. The second kappa shape index (κ2) is 8.86. The van der Waals surface area contributed by atoms with E-state index in [1.807, 2.05) is 0 Å². The van der Waals surface area contributed by atoms with Crippen molar-refractivity contribution in [2.45, 2.75) is 83.2 Å². The molecule has 1 unspecified atom stereocenters. The number of rotatable bonds is 4. The fraction of sp³-hybridized carbons (Fsp3) is 0.692. The lowest BCUT2D eigenvalue weighted by atomic mass is 9.55. The van der Waals surface area contributed by atoms with Crippen LogP contribution in [-0.4, -0.2) is 0 Å². The summed E-state index contributed by atoms with van der Waals surface area (Å²) in [5, 5.41) is 0. The molecular weight excluding hydrogens is 369 g/mol. The van der Waals surface area contributed by atoms with Crippen molar-refractivity contribution in [2.75, 3.05) is 0 Å². The number of halogens is 3. The highest BCUT2D eigenvalue weighted by atomic mass is 19.4. The lowest BCUT2D eigenvalue weighted by molar-refractivity contribution is -0.137. The summed E-state index contributed by atoms with van der Waals surface area (Å²) in [6, 6.07) is 6.01. The quantitative estimate of drug-likeness (QED) is 0.442. The van der Waals surface area contributed by atoms with Gasteiger partial charge >= 0.3 is 6.18 Å². The molecule has 160 valence electrons. The van der Waals surface area contributed by atoms with Gasteiger partial charge in [0.2, 0.25) is 0 Å². The Morgan fingerprint density at radius 1 is 0.862 bits per heavy atom. The van der Waals surface area contributed by atoms with Gasteiger partial charge in [-0.15, -0.1) is 0 Å². The first kappa shape index (κ1) is 21.0. The standard InChI is InChI=1S/C26H35F3/c1-2-3-4-5-18-6-14-24-21(16-18)7-8-22-17-20(11-15-25(22)24)19-9-12-23(13-10-19)26(27,28)29/h2-3,9-10,12-13,18,20-22,24-25H,4-8,11,14-17H2,1H3/b3-2+/t18-,20?,21-,22+,24+,25+/m1/s1. The zero-order valence-corrected chi connectivity index (χ0v) is 17.6. The van der Waals surface area contributed by atoms with E-state index < -0.39 is 11.7 Å². The molecule has 1 aromatic rings. The Bertz CT molecular complexity index is 687. The summed E-state index contributed by atoms with van der Waals surface area (Å²) in [6.45, 7) is 2.11. The smallest absolute Gasteiger partial charge is 0.166 e. The second-order valence-electron chi connectivity index (χ2n) is 9.88. The van der Waals surface area contributed by atoms with Crippen molar-refractivity contribution in [3.63, 3.8) is 0 Å². The molecule has 0 aromatic heterocycles. The molecule has 3 heteroatoms. The zero-order valence-electron chi connectivity index (χ0n) is 17.6. The number of allylic oxidation sites excluding steroid dienone is 2. The van der Waals surface area contributed by atoms with Crippen molar-refractivity contribution < 1.29 is 13.2 Å². The van der Waals surface area contributed by atoms with Gasteiger partial charge in [0.15, 0.2) is 0 Å². The van der Waals surface area contributed by atoms with Gasteiger partial charge in [0.25, 0.3) is 0 Å². The summed E-state index contributed by atoms with van der Waals surface area (Å²) in [6.07, 6.45) is 13.4. The predicted octanol–water partition coefficient (Wildman–Crippen LogP) is 8.39. The fourth-order valence-corrected chi connectivity index (χ4v) is 6.90. The minimum atomic E-state index is -4.24. The normalized spacial score (nSPS) is 35.3. The molecule has 3 aliphatic rings. The van der Waals surface area contributed by atoms with Crippen LogP contribution < -0.4 is 0 Å². The van der Waals surface area contributed by atoms with Crippen molar-refractivity contribution in [1.29, 1.82) is 0 Å². The van der Waals surface area contributed by atoms with Gasteiger partial charge in [0, 0.05) is 0 Å². The minimum Gasteiger partial charge on any atom is -0.166 e. The van der Waals surface area contributed by atoms with Crippen LogP contribution in [0.5, 0.6) is 0 Å². The van der Waals surface area contributed by atoms with E-state index in [2.05, 4.69) is 19.1 Å². The Morgan fingerprint density at radius 3 is 2.17 bits per heavy atom. The van der Waals surface area contributed by atoms with Crippen LogP contribution in [0.1, 0.15) is 88.2 Å². The molecule has 4 rings (SSSR count). The first-order chi connectivity index (χ1) is 14.0. The molecule has 0 saturated heterocycles. The van der Waals surface area contributed by atoms with E-state index in [4.69, 9.17) is 0 Å². The van der Waals surface area contributed by atoms with Crippen molar-refractivity contribution in [3.8, 4) is 0 Å². The summed E-state index contributed by atoms with van der Waals surface area (Å²) in [4.78, 5) is 0. The van der Waals surface area contributed by atoms with Gasteiger partial charge < -0.3 is 0 Å². The molecule has 1 aromatic carbocycles. The molecule has 0 bridgehead atoms. The molecule has 0 amide bonds. The van der Waals surface area contributed by atoms with E-state index in [1.54, 1.807) is 12.1 Å². The van der Waals surface area contributed by atoms with Gasteiger partial charge in [-0.3, -0.25) is 0 Å². The van der Waals surface area contributed by atoms with E-state index in [1.165, 1.54) is 69.9 Å². The summed E-state index contributed by atoms with van der Waals surface area (Å²) in [5.41, 5.74) is 0.591. The van der Waals surface area contributed by atoms with Crippen LogP contribution in [0.25, 0.3) is 0 Å². The van der Waals surface area contributed by atoms with Crippen LogP contribution in [0.4, 0.5) is 13.2 Å². The number of fused-ring (bicyclic) bond motifs is 3. The van der Waals surface area contributed by atoms with Crippen LogP contribution in [0.2, 0.25) is 0 Å². The maximum absolute atomic E-state index is 12.9. The fourth-order valence-electron chi connectivity index (χ4n) is 6.90. The van der Waals surface area contributed by atoms with Crippen molar-refractivity contribution in [2.24, 2.45) is 29.6 Å². The third-order valence-corrected chi connectivity index (χ3v) is 8.34. The Labute approximate surface area is 174 Å². The summed E-state index contributed by atoms with van der Waals surface area (Å²) in [7, 11) is 0. The maximum Gasteiger partial charge on any atom is 0.416 e. The Hall–Kier alpha value is -1.25. The molecule has 0 aliphatic heterocycles. The average molecular weight is 405 g/mol. The third kappa shape index (κ3) is 4.75. The Kier molecular flexibility index (Phi) is 6.41. The average Bonchev–Trinajstić information content (AvgIpc) is 2.73. The Balaban J connectivity index is 1.35. The van der Waals surface area contributed by atoms with Gasteiger partial charge in [-0.2, -0.15) is 13.2 Å². The van der Waals surface area contributed by atoms with Gasteiger partial charge in [-0.25, -0.2) is 0 Å². The van der Waals surface area contributed by atoms with Crippen molar-refractivity contribution in [3.05, 3.63) is 47.5 Å². The highest BCUT2D eigenvalue weighted by Crippen LogP contribution is 2.55. The zero-order chi connectivity index (χ0) is 20.4. The topological polar surface area (TPSA) is 0 Å². The largest absolute Gasteiger partial charge is 0.416 e. The number of hydrogen-bond donors (Lipinski definition) is 0. The molecule has 0 N–H and O–H groups in total. The number of benzene rings is 1. The molecule has 29 heavy (non-hydrogen) atoms. The SMILES string of the molecule is C/C=C/CC[C@@H]1CC[C@H]2[C@H](CC[C@H]3CC(c4ccc(C(F)(F)F)cc4)CC[C@@H]32)C1. The van der Waals surface area contributed by atoms with Crippen LogP contribution in [0.15, 0.2) is 36.4 Å². The van der Waals surface area contributed by atoms with E-state index in [9.17, 15) is 13.2 Å². The van der Waals surface area contributed by atoms with Gasteiger partial charge in [0.05, 0.1) is 5.56 Å². The minimum absolute atomic E-state index is 0.451. The highest BCUT2D eigenvalue weighted by molar-refractivity contribution is 5.27. The van der Waals surface area contributed by atoms with Crippen LogP contribution in [0.3, 0.4) is 0 Å². The first-order valence-electron chi connectivity index (χ1n) is 11.7. The van der Waals surface area contributed by atoms with E-state index >= 15 is 0 Å². The van der Waals surface area contributed by atoms with E-state index in [0.29, 0.717) is 5.92 Å². The highest BCUT2D eigenvalue weighted by Gasteiger charge is 2.44. The molecule has 3 saturated carbocycles. The monoisotopic (exact) mass is 404 g/mol. The van der Waals surface area contributed by atoms with Crippen LogP contribution in [0, 0.1) is 29.6 Å². The molecule has 0 radical (unpaired) electrons. The van der Waals surface area contributed by atoms with Gasteiger partial charge in [-0.1, -0.05) is 30.7 Å². The van der Waals surface area contributed by atoms with E-state index in [-0.39, 0.29) is 0 Å². The molecule has 0 nitrogen and oxygen atoms in total. The summed E-state index contributed by atoms with van der Waals surface area (Å²) < 4.78 is 38.6. The van der Waals surface area contributed by atoms with Crippen molar-refractivity contribution >= 4 is 0 Å². The first-order valence-corrected chi connectivity index (χ1v) is 11.7. The predicted molar refractivity (Wildman–Crippen MR) is 113 cm³/mol.